The highest BCUT2D eigenvalue weighted by Gasteiger charge is 2.41. The number of carboxylic acid groups (broad SMARTS) is 3. The van der Waals surface area contributed by atoms with Gasteiger partial charge in [-0.2, -0.15) is 0 Å². The Morgan fingerprint density at radius 2 is 1.10 bits per heavy atom. The highest BCUT2D eigenvalue weighted by molar-refractivity contribution is 5.99. The van der Waals surface area contributed by atoms with Crippen molar-refractivity contribution >= 4 is 71.1 Å². The van der Waals surface area contributed by atoms with Gasteiger partial charge in [0.2, 0.25) is 53.2 Å². The predicted molar refractivity (Wildman–Crippen MR) is 258 cm³/mol. The highest BCUT2D eigenvalue weighted by Crippen LogP contribution is 2.21. The quantitative estimate of drug-likeness (QED) is 0.0352. The molecule has 0 radical (unpaired) electrons. The monoisotopic (exact) mass is 1030 g/mol. The molecule has 406 valence electrons. The number of rotatable bonds is 31. The lowest BCUT2D eigenvalue weighted by Crippen LogP contribution is -2.61. The number of hydrogen-bond acceptors (Lipinski definition) is 14. The first-order chi connectivity index (χ1) is 34.1. The summed E-state index contributed by atoms with van der Waals surface area (Å²) < 4.78 is 0. The molecule has 1 heterocycles. The summed E-state index contributed by atoms with van der Waals surface area (Å²) in [5, 5.41) is 55.7. The predicted octanol–water partition coefficient (Wildman–Crippen LogP) is -3.02. The van der Waals surface area contributed by atoms with Gasteiger partial charge in [-0.15, -0.1) is 0 Å². The second-order valence-electron chi connectivity index (χ2n) is 19.1. The van der Waals surface area contributed by atoms with Crippen molar-refractivity contribution in [3.05, 3.63) is 35.9 Å². The molecule has 1 saturated heterocycles. The van der Waals surface area contributed by atoms with Crippen molar-refractivity contribution < 1.29 is 78.0 Å². The number of likely N-dealkylation sites (tertiary alicyclic amines) is 1. The minimum absolute atomic E-state index is 0.00924. The molecule has 26 heteroatoms. The van der Waals surface area contributed by atoms with E-state index in [9.17, 15) is 72.9 Å². The number of amides is 9. The van der Waals surface area contributed by atoms with Crippen molar-refractivity contribution in [3.8, 4) is 0 Å². The van der Waals surface area contributed by atoms with E-state index in [4.69, 9.17) is 16.6 Å². The molecular weight excluding hydrogens is 961 g/mol. The van der Waals surface area contributed by atoms with Crippen LogP contribution in [0.2, 0.25) is 0 Å². The topological polar surface area (TPSA) is 425 Å². The summed E-state index contributed by atoms with van der Waals surface area (Å²) in [5.41, 5.74) is 11.4. The molecule has 1 fully saturated rings. The van der Waals surface area contributed by atoms with Crippen LogP contribution in [-0.4, -0.2) is 164 Å². The second-order valence-corrected chi connectivity index (χ2v) is 19.1. The van der Waals surface area contributed by atoms with E-state index in [2.05, 4.69) is 37.2 Å². The van der Waals surface area contributed by atoms with Crippen LogP contribution >= 0.6 is 0 Å². The normalized spacial score (nSPS) is 16.6. The zero-order valence-electron chi connectivity index (χ0n) is 41.9. The Morgan fingerprint density at radius 1 is 0.616 bits per heavy atom. The molecule has 0 bridgehead atoms. The van der Waals surface area contributed by atoms with Crippen LogP contribution in [0.25, 0.3) is 0 Å². The number of carbonyl (C=O) groups excluding carboxylic acids is 9. The Morgan fingerprint density at radius 3 is 1.59 bits per heavy atom. The first-order valence-corrected chi connectivity index (χ1v) is 23.9. The Kier molecular flexibility index (Phi) is 25.4. The van der Waals surface area contributed by atoms with Crippen molar-refractivity contribution in [2.45, 2.75) is 154 Å². The summed E-state index contributed by atoms with van der Waals surface area (Å²) in [6, 6.07) is -4.98. The molecule has 73 heavy (non-hydrogen) atoms. The minimum Gasteiger partial charge on any atom is -0.481 e. The van der Waals surface area contributed by atoms with E-state index in [-0.39, 0.29) is 63.3 Å². The Bertz CT molecular complexity index is 2140. The fraction of sp³-hybridized carbons (Fsp3) is 0.617. The third kappa shape index (κ3) is 21.2. The van der Waals surface area contributed by atoms with Gasteiger partial charge in [-0.05, 0) is 55.4 Å². The first-order valence-electron chi connectivity index (χ1n) is 23.9. The van der Waals surface area contributed by atoms with E-state index in [0.717, 1.165) is 4.90 Å². The summed E-state index contributed by atoms with van der Waals surface area (Å²) in [4.78, 5) is 157. The molecule has 9 amide bonds. The molecule has 1 aliphatic heterocycles. The van der Waals surface area contributed by atoms with E-state index < -0.39 is 151 Å². The summed E-state index contributed by atoms with van der Waals surface area (Å²) in [6.07, 6.45) is -2.20. The fourth-order valence-corrected chi connectivity index (χ4v) is 7.75. The summed E-state index contributed by atoms with van der Waals surface area (Å²) in [5.74, 6) is -13.9. The van der Waals surface area contributed by atoms with E-state index >= 15 is 0 Å². The average molecular weight is 1030 g/mol. The van der Waals surface area contributed by atoms with Crippen molar-refractivity contribution in [2.24, 2.45) is 29.2 Å². The zero-order valence-corrected chi connectivity index (χ0v) is 41.9. The molecule has 1 aromatic carbocycles. The van der Waals surface area contributed by atoms with Crippen LogP contribution in [0.4, 0.5) is 0 Å². The maximum absolute atomic E-state index is 14.2. The van der Waals surface area contributed by atoms with E-state index in [0.29, 0.717) is 5.56 Å². The fourth-order valence-electron chi connectivity index (χ4n) is 7.75. The average Bonchev–Trinajstić information content (AvgIpc) is 3.80. The molecule has 15 N–H and O–H groups in total. The van der Waals surface area contributed by atoms with Crippen molar-refractivity contribution in [1.82, 2.24) is 42.1 Å². The highest BCUT2D eigenvalue weighted by atomic mass is 16.4. The van der Waals surface area contributed by atoms with Crippen LogP contribution in [-0.2, 0) is 64.0 Å². The third-order valence-corrected chi connectivity index (χ3v) is 11.5. The lowest BCUT2D eigenvalue weighted by molar-refractivity contribution is -0.144. The molecule has 1 aromatic rings. The lowest BCUT2D eigenvalue weighted by Gasteiger charge is -2.32. The van der Waals surface area contributed by atoms with Gasteiger partial charge in [0.15, 0.2) is 0 Å². The molecule has 2 rings (SSSR count). The van der Waals surface area contributed by atoms with Gasteiger partial charge < -0.3 is 74.0 Å². The molecule has 0 unspecified atom stereocenters. The number of benzene rings is 1. The molecule has 0 saturated carbocycles. The van der Waals surface area contributed by atoms with Crippen LogP contribution in [0, 0.1) is 17.8 Å². The molecule has 9 atom stereocenters. The Balaban J connectivity index is 2.33. The molecule has 1 aliphatic rings. The maximum atomic E-state index is 14.2. The van der Waals surface area contributed by atoms with E-state index in [1.54, 1.807) is 71.9 Å². The third-order valence-electron chi connectivity index (χ3n) is 11.5. The Hall–Kier alpha value is -7.22. The van der Waals surface area contributed by atoms with Crippen LogP contribution in [0.1, 0.15) is 98.5 Å². The first kappa shape index (κ1) is 61.9. The molecule has 0 spiro atoms. The lowest BCUT2D eigenvalue weighted by atomic mass is 10.00. The number of carboxylic acids is 3. The number of aliphatic hydroxyl groups excluding tert-OH is 1. The summed E-state index contributed by atoms with van der Waals surface area (Å²) in [7, 11) is 0. The van der Waals surface area contributed by atoms with Crippen molar-refractivity contribution in [2.75, 3.05) is 13.2 Å². The van der Waals surface area contributed by atoms with Gasteiger partial charge in [0, 0.05) is 19.4 Å². The van der Waals surface area contributed by atoms with Gasteiger partial charge in [-0.1, -0.05) is 71.9 Å². The number of nitrogens with one attached hydrogen (secondary N) is 7. The summed E-state index contributed by atoms with van der Waals surface area (Å²) >= 11 is 0. The number of nitrogens with two attached hydrogens (primary N) is 2. The zero-order chi connectivity index (χ0) is 55.3. The second kappa shape index (κ2) is 30.0. The van der Waals surface area contributed by atoms with Gasteiger partial charge in [-0.25, -0.2) is 4.79 Å². The number of primary amides is 1. The molecule has 0 aliphatic carbocycles. The van der Waals surface area contributed by atoms with Crippen molar-refractivity contribution in [1.29, 1.82) is 0 Å². The van der Waals surface area contributed by atoms with Gasteiger partial charge in [-0.3, -0.25) is 52.7 Å². The molecule has 26 nitrogen and oxygen atoms in total. The van der Waals surface area contributed by atoms with E-state index in [1.165, 1.54) is 0 Å². The van der Waals surface area contributed by atoms with Gasteiger partial charge in [0.05, 0.1) is 25.5 Å². The number of aliphatic hydroxyl groups is 1. The van der Waals surface area contributed by atoms with Gasteiger partial charge >= 0.3 is 17.9 Å². The maximum Gasteiger partial charge on any atom is 0.326 e. The van der Waals surface area contributed by atoms with E-state index in [1.807, 2.05) is 0 Å². The SMILES string of the molecule is CC(C)C[C@H](NC(=O)[C@H](Cc1ccccc1)NC(=O)[C@H](CO)NC(=O)[C@@H]1CCCN1C(=O)[C@@H](NC(=O)[C@H](CC(=O)O)NC(=O)[C@H](CC(C)C)NC(=O)[C@@H](N)CC(=O)O)C(C)C)C(=O)N[C@@H](CCC(N)=O)C(=O)O. The minimum atomic E-state index is -1.80. The van der Waals surface area contributed by atoms with Crippen molar-refractivity contribution in [3.63, 3.8) is 0 Å². The smallest absolute Gasteiger partial charge is 0.326 e. The Labute approximate surface area is 422 Å². The van der Waals surface area contributed by atoms with Crippen LogP contribution in [0.3, 0.4) is 0 Å². The molecular formula is C47H72N10O16. The van der Waals surface area contributed by atoms with Crippen LogP contribution in [0.15, 0.2) is 30.3 Å². The van der Waals surface area contributed by atoms with Crippen LogP contribution in [0.5, 0.6) is 0 Å². The number of nitrogens with zero attached hydrogens (tertiary/aromatic N) is 1. The summed E-state index contributed by atoms with van der Waals surface area (Å²) in [6.45, 7) is 9.00. The number of carbonyl (C=O) groups is 12. The number of aliphatic carboxylic acids is 3. The number of hydrogen-bond donors (Lipinski definition) is 13. The van der Waals surface area contributed by atoms with Gasteiger partial charge in [0.25, 0.3) is 0 Å². The van der Waals surface area contributed by atoms with Gasteiger partial charge in [0.1, 0.15) is 48.3 Å². The largest absolute Gasteiger partial charge is 0.481 e. The standard InChI is InChI=1S/C47H72N10O16/c1-23(2)17-29(51-39(64)27(48)20-36(60)61)41(66)54-32(21-37(62)63)43(68)56-38(25(5)6)46(71)57-16-10-13-34(57)45(70)55-33(22-58)44(69)53-31(19-26-11-8-7-9-12-26)42(67)52-30(18-24(3)4)40(65)50-28(47(72)73)14-15-35(49)59/h7-9,11-12,23-25,27-34,38,58H,10,13-22,48H2,1-6H3,(H2,49,59)(H,50,65)(H,51,64)(H,52,67)(H,53,69)(H,54,66)(H,55,70)(H,56,68)(H,60,61)(H,62,63)(H,72,73)/t27-,28-,29-,30-,31-,32-,33-,34-,38-/m0/s1. The van der Waals surface area contributed by atoms with Crippen LogP contribution < -0.4 is 48.7 Å². The molecule has 0 aromatic heterocycles.